The van der Waals surface area contributed by atoms with Crippen molar-refractivity contribution in [3.8, 4) is 5.75 Å². The van der Waals surface area contributed by atoms with E-state index in [0.29, 0.717) is 44.9 Å². The Morgan fingerprint density at radius 3 is 2.41 bits per heavy atom. The average molecular weight is 417 g/mol. The molecule has 0 radical (unpaired) electrons. The standard InChI is InChI=1S/C19H26F3N3O4/c1-14(2)13-28-18(27)25-9-3-8-24(10-11-25)12-17(26)23-15-4-6-16(7-5-15)29-19(20,21)22/h4-7,14H,3,8-13H2,1-2H3,(H,23,26). The molecule has 0 atom stereocenters. The van der Waals surface area contributed by atoms with Crippen LogP contribution in [-0.2, 0) is 9.53 Å². The number of carbonyl (C=O) groups excluding carboxylic acids is 2. The second-order valence-electron chi connectivity index (χ2n) is 7.21. The molecule has 0 aliphatic carbocycles. The molecule has 0 unspecified atom stereocenters. The van der Waals surface area contributed by atoms with Crippen molar-refractivity contribution >= 4 is 17.7 Å². The third kappa shape index (κ3) is 8.59. The zero-order valence-corrected chi connectivity index (χ0v) is 16.5. The SMILES string of the molecule is CC(C)COC(=O)N1CCCN(CC(=O)Nc2ccc(OC(F)(F)F)cc2)CC1. The third-order valence-corrected chi connectivity index (χ3v) is 4.13. The van der Waals surface area contributed by atoms with Crippen LogP contribution in [0.15, 0.2) is 24.3 Å². The third-order valence-electron chi connectivity index (χ3n) is 4.13. The van der Waals surface area contributed by atoms with E-state index < -0.39 is 6.36 Å². The lowest BCUT2D eigenvalue weighted by molar-refractivity contribution is -0.274. The van der Waals surface area contributed by atoms with Crippen molar-refractivity contribution in [3.05, 3.63) is 24.3 Å². The van der Waals surface area contributed by atoms with Crippen LogP contribution >= 0.6 is 0 Å². The molecule has 2 rings (SSSR count). The molecule has 0 aromatic heterocycles. The summed E-state index contributed by atoms with van der Waals surface area (Å²) in [6, 6.07) is 4.95. The lowest BCUT2D eigenvalue weighted by Crippen LogP contribution is -2.38. The van der Waals surface area contributed by atoms with Gasteiger partial charge >= 0.3 is 12.5 Å². The van der Waals surface area contributed by atoms with Gasteiger partial charge in [-0.15, -0.1) is 13.2 Å². The highest BCUT2D eigenvalue weighted by Crippen LogP contribution is 2.23. The maximum absolute atomic E-state index is 12.2. The van der Waals surface area contributed by atoms with E-state index in [1.165, 1.54) is 12.1 Å². The number of rotatable bonds is 6. The second kappa shape index (κ2) is 10.3. The molecule has 1 aromatic rings. The summed E-state index contributed by atoms with van der Waals surface area (Å²) in [4.78, 5) is 27.9. The summed E-state index contributed by atoms with van der Waals surface area (Å²) in [7, 11) is 0. The maximum atomic E-state index is 12.2. The van der Waals surface area contributed by atoms with Crippen molar-refractivity contribution in [3.63, 3.8) is 0 Å². The molecule has 7 nitrogen and oxygen atoms in total. The molecule has 1 fully saturated rings. The summed E-state index contributed by atoms with van der Waals surface area (Å²) in [5.41, 5.74) is 0.373. The fourth-order valence-electron chi connectivity index (χ4n) is 2.78. The fourth-order valence-corrected chi connectivity index (χ4v) is 2.78. The lowest BCUT2D eigenvalue weighted by atomic mass is 10.2. The summed E-state index contributed by atoms with van der Waals surface area (Å²) in [5.74, 6) is -0.377. The van der Waals surface area contributed by atoms with Crippen molar-refractivity contribution in [2.75, 3.05) is 44.6 Å². The summed E-state index contributed by atoms with van der Waals surface area (Å²) >= 11 is 0. The van der Waals surface area contributed by atoms with Crippen LogP contribution in [0.4, 0.5) is 23.7 Å². The number of alkyl halides is 3. The Morgan fingerprint density at radius 1 is 1.10 bits per heavy atom. The Bertz CT molecular complexity index is 680. The monoisotopic (exact) mass is 417 g/mol. The first kappa shape index (κ1) is 22.8. The molecule has 0 saturated carbocycles. The van der Waals surface area contributed by atoms with E-state index in [-0.39, 0.29) is 30.2 Å². The minimum atomic E-state index is -4.76. The van der Waals surface area contributed by atoms with E-state index in [1.807, 2.05) is 18.7 Å². The van der Waals surface area contributed by atoms with Gasteiger partial charge < -0.3 is 19.7 Å². The van der Waals surface area contributed by atoms with Crippen LogP contribution in [0.3, 0.4) is 0 Å². The number of nitrogens with one attached hydrogen (secondary N) is 1. The number of hydrogen-bond acceptors (Lipinski definition) is 5. The maximum Gasteiger partial charge on any atom is 0.573 e. The molecular weight excluding hydrogens is 391 g/mol. The Kier molecular flexibility index (Phi) is 8.12. The second-order valence-corrected chi connectivity index (χ2v) is 7.21. The Morgan fingerprint density at radius 2 is 1.79 bits per heavy atom. The van der Waals surface area contributed by atoms with Gasteiger partial charge in [-0.2, -0.15) is 0 Å². The Balaban J connectivity index is 1.78. The molecule has 162 valence electrons. The summed E-state index contributed by atoms with van der Waals surface area (Å²) < 4.78 is 45.6. The van der Waals surface area contributed by atoms with Gasteiger partial charge in [0.15, 0.2) is 0 Å². The Hall–Kier alpha value is -2.49. The number of nitrogens with zero attached hydrogens (tertiary/aromatic N) is 2. The van der Waals surface area contributed by atoms with E-state index >= 15 is 0 Å². The number of ether oxygens (including phenoxy) is 2. The van der Waals surface area contributed by atoms with Crippen LogP contribution in [0.5, 0.6) is 5.75 Å². The highest BCUT2D eigenvalue weighted by molar-refractivity contribution is 5.92. The molecule has 0 spiro atoms. The summed E-state index contributed by atoms with van der Waals surface area (Å²) in [6.45, 7) is 6.63. The van der Waals surface area contributed by atoms with E-state index in [1.54, 1.807) is 4.90 Å². The first-order valence-electron chi connectivity index (χ1n) is 9.42. The van der Waals surface area contributed by atoms with Gasteiger partial charge in [0.2, 0.25) is 5.91 Å². The molecule has 1 N–H and O–H groups in total. The van der Waals surface area contributed by atoms with Gasteiger partial charge in [0, 0.05) is 31.9 Å². The summed E-state index contributed by atoms with van der Waals surface area (Å²) in [5, 5.41) is 2.64. The molecule has 10 heteroatoms. The van der Waals surface area contributed by atoms with Crippen molar-refractivity contribution in [2.45, 2.75) is 26.6 Å². The highest BCUT2D eigenvalue weighted by Gasteiger charge is 2.31. The van der Waals surface area contributed by atoms with Crippen LogP contribution in [0.1, 0.15) is 20.3 Å². The first-order valence-corrected chi connectivity index (χ1v) is 9.42. The minimum Gasteiger partial charge on any atom is -0.449 e. The highest BCUT2D eigenvalue weighted by atomic mass is 19.4. The topological polar surface area (TPSA) is 71.1 Å². The molecule has 2 amide bonds. The molecule has 29 heavy (non-hydrogen) atoms. The Labute approximate surface area is 167 Å². The quantitative estimate of drug-likeness (QED) is 0.769. The van der Waals surface area contributed by atoms with E-state index in [9.17, 15) is 22.8 Å². The molecule has 1 aliphatic heterocycles. The number of carbonyl (C=O) groups is 2. The van der Waals surface area contributed by atoms with Crippen molar-refractivity contribution in [2.24, 2.45) is 5.92 Å². The van der Waals surface area contributed by atoms with Gasteiger partial charge in [-0.1, -0.05) is 13.8 Å². The fraction of sp³-hybridized carbons (Fsp3) is 0.579. The predicted octanol–water partition coefficient (Wildman–Crippen LogP) is 3.32. The minimum absolute atomic E-state index is 0.121. The lowest BCUT2D eigenvalue weighted by Gasteiger charge is -2.21. The van der Waals surface area contributed by atoms with Gasteiger partial charge in [0.1, 0.15) is 5.75 Å². The van der Waals surface area contributed by atoms with Gasteiger partial charge in [-0.05, 0) is 36.6 Å². The van der Waals surface area contributed by atoms with E-state index in [4.69, 9.17) is 4.74 Å². The van der Waals surface area contributed by atoms with Crippen LogP contribution < -0.4 is 10.1 Å². The zero-order valence-electron chi connectivity index (χ0n) is 16.5. The van der Waals surface area contributed by atoms with Crippen LogP contribution in [-0.4, -0.2) is 67.5 Å². The summed E-state index contributed by atoms with van der Waals surface area (Å²) in [6.07, 6.45) is -4.38. The number of halogens is 3. The zero-order chi connectivity index (χ0) is 21.4. The van der Waals surface area contributed by atoms with Crippen LogP contribution in [0, 0.1) is 5.92 Å². The number of hydrogen-bond donors (Lipinski definition) is 1. The molecule has 1 saturated heterocycles. The number of anilines is 1. The van der Waals surface area contributed by atoms with E-state index in [2.05, 4.69) is 10.1 Å². The molecular formula is C19H26F3N3O4. The van der Waals surface area contributed by atoms with Gasteiger partial charge in [0.05, 0.1) is 13.2 Å². The van der Waals surface area contributed by atoms with Gasteiger partial charge in [-0.25, -0.2) is 4.79 Å². The average Bonchev–Trinajstić information content (AvgIpc) is 2.85. The van der Waals surface area contributed by atoms with Crippen molar-refractivity contribution in [1.82, 2.24) is 9.80 Å². The number of benzene rings is 1. The molecule has 1 aromatic carbocycles. The van der Waals surface area contributed by atoms with Crippen molar-refractivity contribution in [1.29, 1.82) is 0 Å². The molecule has 1 heterocycles. The van der Waals surface area contributed by atoms with E-state index in [0.717, 1.165) is 12.1 Å². The van der Waals surface area contributed by atoms with Gasteiger partial charge in [-0.3, -0.25) is 9.69 Å². The molecule has 1 aliphatic rings. The van der Waals surface area contributed by atoms with Gasteiger partial charge in [0.25, 0.3) is 0 Å². The van der Waals surface area contributed by atoms with Crippen LogP contribution in [0.25, 0.3) is 0 Å². The smallest absolute Gasteiger partial charge is 0.449 e. The predicted molar refractivity (Wildman–Crippen MR) is 101 cm³/mol. The van der Waals surface area contributed by atoms with Crippen LogP contribution in [0.2, 0.25) is 0 Å². The molecule has 0 bridgehead atoms. The van der Waals surface area contributed by atoms with Crippen molar-refractivity contribution < 1.29 is 32.2 Å². The normalized spacial score (nSPS) is 15.7. The largest absolute Gasteiger partial charge is 0.573 e. The first-order chi connectivity index (χ1) is 13.6. The number of amides is 2.